The van der Waals surface area contributed by atoms with Gasteiger partial charge in [-0.3, -0.25) is 4.79 Å². The van der Waals surface area contributed by atoms with E-state index in [4.69, 9.17) is 9.72 Å². The molecule has 5 nitrogen and oxygen atoms in total. The van der Waals surface area contributed by atoms with Gasteiger partial charge in [0.25, 0.3) is 0 Å². The lowest BCUT2D eigenvalue weighted by atomic mass is 9.73. The van der Waals surface area contributed by atoms with Gasteiger partial charge in [0.05, 0.1) is 22.5 Å². The average Bonchev–Trinajstić information content (AvgIpc) is 3.09. The quantitative estimate of drug-likeness (QED) is 0.711. The maximum atomic E-state index is 13.7. The third-order valence-electron chi connectivity index (χ3n) is 6.16. The van der Waals surface area contributed by atoms with Crippen molar-refractivity contribution in [1.29, 1.82) is 0 Å². The molecule has 2 heterocycles. The predicted octanol–water partition coefficient (Wildman–Crippen LogP) is 4.14. The zero-order valence-electron chi connectivity index (χ0n) is 17.4. The van der Waals surface area contributed by atoms with Gasteiger partial charge in [-0.2, -0.15) is 0 Å². The summed E-state index contributed by atoms with van der Waals surface area (Å²) in [6, 6.07) is 18.0. The highest BCUT2D eigenvalue weighted by molar-refractivity contribution is 5.89. The van der Waals surface area contributed by atoms with Crippen LogP contribution >= 0.6 is 0 Å². The van der Waals surface area contributed by atoms with Crippen molar-refractivity contribution in [3.63, 3.8) is 0 Å². The molecule has 4 rings (SSSR count). The number of nitrogens with one attached hydrogen (secondary N) is 1. The molecule has 1 fully saturated rings. The van der Waals surface area contributed by atoms with E-state index in [2.05, 4.69) is 41.9 Å². The molecule has 1 atom stereocenters. The summed E-state index contributed by atoms with van der Waals surface area (Å²) in [5.74, 6) is 1.17. The molecular weight excluding hydrogens is 362 g/mol. The third-order valence-corrected chi connectivity index (χ3v) is 6.16. The van der Waals surface area contributed by atoms with E-state index >= 15 is 0 Å². The molecule has 5 heteroatoms. The van der Waals surface area contributed by atoms with Crippen molar-refractivity contribution in [2.45, 2.75) is 38.1 Å². The summed E-state index contributed by atoms with van der Waals surface area (Å²) in [6.07, 6.45) is 1.38. The van der Waals surface area contributed by atoms with Crippen molar-refractivity contribution in [2.75, 3.05) is 13.2 Å². The first kappa shape index (κ1) is 19.6. The maximum Gasteiger partial charge on any atom is 0.231 e. The number of aromatic nitrogens is 2. The van der Waals surface area contributed by atoms with Gasteiger partial charge in [-0.05, 0) is 36.5 Å². The molecule has 0 spiro atoms. The Labute approximate surface area is 172 Å². The van der Waals surface area contributed by atoms with Crippen LogP contribution in [0.2, 0.25) is 0 Å². The Morgan fingerprint density at radius 3 is 2.38 bits per heavy atom. The van der Waals surface area contributed by atoms with E-state index in [0.717, 1.165) is 22.4 Å². The molecule has 3 aromatic rings. The molecule has 29 heavy (non-hydrogen) atoms. The molecule has 1 N–H and O–H groups in total. The minimum Gasteiger partial charge on any atom is -0.381 e. The van der Waals surface area contributed by atoms with Crippen LogP contribution in [-0.4, -0.2) is 28.7 Å². The Bertz CT molecular complexity index is 988. The fourth-order valence-corrected chi connectivity index (χ4v) is 4.37. The smallest absolute Gasteiger partial charge is 0.231 e. The van der Waals surface area contributed by atoms with Crippen LogP contribution < -0.4 is 5.32 Å². The van der Waals surface area contributed by atoms with E-state index in [1.807, 2.05) is 43.4 Å². The van der Waals surface area contributed by atoms with Crippen molar-refractivity contribution >= 4 is 16.9 Å². The summed E-state index contributed by atoms with van der Waals surface area (Å²) in [6.45, 7) is 5.45. The lowest BCUT2D eigenvalue weighted by Crippen LogP contribution is -2.50. The van der Waals surface area contributed by atoms with Crippen LogP contribution in [0.15, 0.2) is 54.6 Å². The number of hydrogen-bond donors (Lipinski definition) is 1. The van der Waals surface area contributed by atoms with Crippen LogP contribution in [0, 0.1) is 5.92 Å². The van der Waals surface area contributed by atoms with Gasteiger partial charge in [0.15, 0.2) is 0 Å². The summed E-state index contributed by atoms with van der Waals surface area (Å²) in [4.78, 5) is 18.6. The SMILES string of the molecule is CC(C)[C@H](NC(=O)C1(c2ccccc2)CCOCC1)c1nc2ccccc2n1C. The first-order valence-corrected chi connectivity index (χ1v) is 10.4. The molecule has 0 aliphatic carbocycles. The second-order valence-electron chi connectivity index (χ2n) is 8.27. The van der Waals surface area contributed by atoms with Crippen molar-refractivity contribution in [2.24, 2.45) is 13.0 Å². The molecule has 1 aliphatic heterocycles. The van der Waals surface area contributed by atoms with Crippen LogP contribution in [0.4, 0.5) is 0 Å². The molecule has 1 aliphatic rings. The summed E-state index contributed by atoms with van der Waals surface area (Å²) < 4.78 is 7.69. The van der Waals surface area contributed by atoms with E-state index in [1.165, 1.54) is 0 Å². The van der Waals surface area contributed by atoms with Crippen molar-refractivity contribution < 1.29 is 9.53 Å². The van der Waals surface area contributed by atoms with Crippen LogP contribution in [0.25, 0.3) is 11.0 Å². The maximum absolute atomic E-state index is 13.7. The highest BCUT2D eigenvalue weighted by atomic mass is 16.5. The molecule has 2 aromatic carbocycles. The summed E-state index contributed by atoms with van der Waals surface area (Å²) >= 11 is 0. The largest absolute Gasteiger partial charge is 0.381 e. The van der Waals surface area contributed by atoms with Gasteiger partial charge < -0.3 is 14.6 Å². The van der Waals surface area contributed by atoms with Gasteiger partial charge >= 0.3 is 0 Å². The topological polar surface area (TPSA) is 56.1 Å². The second kappa shape index (κ2) is 7.99. The molecule has 0 radical (unpaired) electrons. The van der Waals surface area contributed by atoms with E-state index in [-0.39, 0.29) is 17.9 Å². The molecule has 152 valence electrons. The number of hydrogen-bond acceptors (Lipinski definition) is 3. The molecule has 0 unspecified atom stereocenters. The molecule has 1 saturated heterocycles. The highest BCUT2D eigenvalue weighted by Crippen LogP contribution is 2.36. The Morgan fingerprint density at radius 2 is 1.72 bits per heavy atom. The Morgan fingerprint density at radius 1 is 1.07 bits per heavy atom. The van der Waals surface area contributed by atoms with Gasteiger partial charge in [-0.25, -0.2) is 4.98 Å². The second-order valence-corrected chi connectivity index (χ2v) is 8.27. The fourth-order valence-electron chi connectivity index (χ4n) is 4.37. The zero-order valence-corrected chi connectivity index (χ0v) is 17.4. The minimum absolute atomic E-state index is 0.0674. The van der Waals surface area contributed by atoms with Crippen LogP contribution in [0.5, 0.6) is 0 Å². The Hall–Kier alpha value is -2.66. The summed E-state index contributed by atoms with van der Waals surface area (Å²) in [7, 11) is 2.02. The Balaban J connectivity index is 1.70. The summed E-state index contributed by atoms with van der Waals surface area (Å²) in [5.41, 5.74) is 2.53. The number of nitrogens with zero attached hydrogens (tertiary/aromatic N) is 2. The van der Waals surface area contributed by atoms with Gasteiger partial charge in [0, 0.05) is 20.3 Å². The predicted molar refractivity (Wildman–Crippen MR) is 115 cm³/mol. The molecule has 1 amide bonds. The van der Waals surface area contributed by atoms with Crippen molar-refractivity contribution in [3.05, 3.63) is 66.0 Å². The molecular formula is C24H29N3O2. The lowest BCUT2D eigenvalue weighted by Gasteiger charge is -2.38. The molecule has 0 bridgehead atoms. The number of para-hydroxylation sites is 2. The number of carbonyl (C=O) groups is 1. The Kier molecular flexibility index (Phi) is 5.41. The van der Waals surface area contributed by atoms with Gasteiger partial charge in [-0.1, -0.05) is 56.3 Å². The van der Waals surface area contributed by atoms with E-state index in [1.54, 1.807) is 0 Å². The van der Waals surface area contributed by atoms with E-state index in [9.17, 15) is 4.79 Å². The highest BCUT2D eigenvalue weighted by Gasteiger charge is 2.43. The monoisotopic (exact) mass is 391 g/mol. The van der Waals surface area contributed by atoms with Crippen molar-refractivity contribution in [1.82, 2.24) is 14.9 Å². The number of benzene rings is 2. The van der Waals surface area contributed by atoms with Gasteiger partial charge in [0.2, 0.25) is 5.91 Å². The van der Waals surface area contributed by atoms with Crippen LogP contribution in [0.3, 0.4) is 0 Å². The van der Waals surface area contributed by atoms with Gasteiger partial charge in [-0.15, -0.1) is 0 Å². The standard InChI is InChI=1S/C24H29N3O2/c1-17(2)21(22-25-19-11-7-8-12-20(19)27(22)3)26-23(28)24(13-15-29-16-14-24)18-9-5-4-6-10-18/h4-12,17,21H,13-16H2,1-3H3,(H,26,28)/t21-/m0/s1. The average molecular weight is 392 g/mol. The zero-order chi connectivity index (χ0) is 20.4. The summed E-state index contributed by atoms with van der Waals surface area (Å²) in [5, 5.41) is 3.37. The minimum atomic E-state index is -0.558. The lowest BCUT2D eigenvalue weighted by molar-refractivity contribution is -0.131. The number of fused-ring (bicyclic) bond motifs is 1. The molecule has 0 saturated carbocycles. The number of aryl methyl sites for hydroxylation is 1. The fraction of sp³-hybridized carbons (Fsp3) is 0.417. The van der Waals surface area contributed by atoms with E-state index < -0.39 is 5.41 Å². The first-order valence-electron chi connectivity index (χ1n) is 10.4. The first-order chi connectivity index (χ1) is 14.0. The number of rotatable bonds is 5. The van der Waals surface area contributed by atoms with Crippen LogP contribution in [-0.2, 0) is 22.0 Å². The number of ether oxygens (including phenoxy) is 1. The number of amides is 1. The molecule has 1 aromatic heterocycles. The normalized spacial score (nSPS) is 17.4. The van der Waals surface area contributed by atoms with Crippen LogP contribution in [0.1, 0.15) is 44.1 Å². The van der Waals surface area contributed by atoms with E-state index in [0.29, 0.717) is 26.1 Å². The van der Waals surface area contributed by atoms with Gasteiger partial charge in [0.1, 0.15) is 5.82 Å². The third kappa shape index (κ3) is 3.55. The van der Waals surface area contributed by atoms with Crippen molar-refractivity contribution in [3.8, 4) is 0 Å². The number of carbonyl (C=O) groups excluding carboxylic acids is 1. The number of imidazole rings is 1.